The summed E-state index contributed by atoms with van der Waals surface area (Å²) in [7, 11) is 3.59. The van der Waals surface area contributed by atoms with Crippen LogP contribution in [0.2, 0.25) is 5.15 Å². The number of aromatic nitrogens is 4. The zero-order chi connectivity index (χ0) is 16.4. The maximum Gasteiger partial charge on any atom is 0.289 e. The van der Waals surface area contributed by atoms with Gasteiger partial charge >= 0.3 is 0 Å². The highest BCUT2D eigenvalue weighted by Gasteiger charge is 2.26. The highest BCUT2D eigenvalue weighted by atomic mass is 35.5. The van der Waals surface area contributed by atoms with Crippen LogP contribution < -0.4 is 15.8 Å². The first kappa shape index (κ1) is 15.7. The van der Waals surface area contributed by atoms with Crippen LogP contribution in [-0.2, 0) is 7.05 Å². The quantitative estimate of drug-likeness (QED) is 0.870. The lowest BCUT2D eigenvalue weighted by Gasteiger charge is -2.40. The molecule has 9 heteroatoms. The molecule has 0 aliphatic carbocycles. The van der Waals surface area contributed by atoms with Crippen LogP contribution in [0.4, 0.5) is 11.5 Å². The molecule has 2 aromatic heterocycles. The third-order valence-electron chi connectivity index (χ3n) is 3.88. The first-order valence-corrected chi connectivity index (χ1v) is 7.64. The van der Waals surface area contributed by atoms with E-state index in [1.165, 1.54) is 4.68 Å². The van der Waals surface area contributed by atoms with Gasteiger partial charge in [0.25, 0.3) is 5.56 Å². The molecule has 1 N–H and O–H groups in total. The Hall–Kier alpha value is -2.19. The van der Waals surface area contributed by atoms with E-state index in [1.807, 2.05) is 7.05 Å². The van der Waals surface area contributed by atoms with E-state index in [9.17, 15) is 4.79 Å². The molecule has 1 unspecified atom stereocenters. The molecule has 8 nitrogen and oxygen atoms in total. The Morgan fingerprint density at radius 1 is 1.30 bits per heavy atom. The molecule has 1 aliphatic heterocycles. The monoisotopic (exact) mass is 335 g/mol. The highest BCUT2D eigenvalue weighted by Crippen LogP contribution is 2.16. The van der Waals surface area contributed by atoms with E-state index < -0.39 is 0 Å². The van der Waals surface area contributed by atoms with Crippen molar-refractivity contribution < 1.29 is 0 Å². The zero-order valence-corrected chi connectivity index (χ0v) is 13.7. The van der Waals surface area contributed by atoms with Gasteiger partial charge in [-0.1, -0.05) is 11.6 Å². The molecule has 1 fully saturated rings. The van der Waals surface area contributed by atoms with Gasteiger partial charge in [0.15, 0.2) is 5.15 Å². The van der Waals surface area contributed by atoms with Gasteiger partial charge in [-0.05, 0) is 7.05 Å². The number of anilines is 2. The molecule has 1 saturated heterocycles. The molecule has 0 bridgehead atoms. The molecule has 0 radical (unpaired) electrons. The van der Waals surface area contributed by atoms with Crippen LogP contribution in [0.3, 0.4) is 0 Å². The average molecular weight is 336 g/mol. The minimum Gasteiger partial charge on any atom is -0.363 e. The smallest absolute Gasteiger partial charge is 0.289 e. The summed E-state index contributed by atoms with van der Waals surface area (Å²) in [6.07, 6.45) is 5.02. The molecule has 3 heterocycles. The topological polar surface area (TPSA) is 79.2 Å². The number of halogens is 1. The molecule has 23 heavy (non-hydrogen) atoms. The molecule has 0 aromatic carbocycles. The molecule has 1 atom stereocenters. The Kier molecular flexibility index (Phi) is 4.44. The summed E-state index contributed by atoms with van der Waals surface area (Å²) in [5.74, 6) is 0.827. The third kappa shape index (κ3) is 3.43. The molecule has 2 aromatic rings. The molecular formula is C14H18ClN7O. The second-order valence-corrected chi connectivity index (χ2v) is 5.85. The van der Waals surface area contributed by atoms with E-state index in [1.54, 1.807) is 31.7 Å². The van der Waals surface area contributed by atoms with Crippen LogP contribution in [0.25, 0.3) is 0 Å². The lowest BCUT2D eigenvalue weighted by Crippen LogP contribution is -2.55. The van der Waals surface area contributed by atoms with Gasteiger partial charge in [0.05, 0.1) is 18.9 Å². The number of piperazine rings is 1. The van der Waals surface area contributed by atoms with Crippen molar-refractivity contribution in [2.24, 2.45) is 7.05 Å². The van der Waals surface area contributed by atoms with Crippen LogP contribution in [-0.4, -0.2) is 57.5 Å². The summed E-state index contributed by atoms with van der Waals surface area (Å²) < 4.78 is 1.23. The standard InChI is InChI=1S/C14H18ClN7O/c1-20-5-6-22(12-8-16-3-4-17-12)9-13(20)18-10-7-11(15)19-21(2)14(10)23/h3-4,7-8,13,18H,5-6,9H2,1-2H3. The van der Waals surface area contributed by atoms with E-state index in [4.69, 9.17) is 11.6 Å². The Bertz CT molecular complexity index is 736. The molecule has 3 rings (SSSR count). The van der Waals surface area contributed by atoms with Gasteiger partial charge < -0.3 is 10.2 Å². The lowest BCUT2D eigenvalue weighted by atomic mass is 10.2. The number of hydrogen-bond acceptors (Lipinski definition) is 7. The SMILES string of the molecule is CN1CCN(c2cnccn2)CC1Nc1cc(Cl)nn(C)c1=O. The average Bonchev–Trinajstić information content (AvgIpc) is 2.55. The van der Waals surface area contributed by atoms with Crippen molar-refractivity contribution >= 4 is 23.1 Å². The molecule has 122 valence electrons. The molecular weight excluding hydrogens is 318 g/mol. The lowest BCUT2D eigenvalue weighted by molar-refractivity contribution is 0.240. The predicted molar refractivity (Wildman–Crippen MR) is 88.8 cm³/mol. The van der Waals surface area contributed by atoms with Crippen LogP contribution in [0.15, 0.2) is 29.5 Å². The highest BCUT2D eigenvalue weighted by molar-refractivity contribution is 6.29. The Morgan fingerprint density at radius 3 is 2.87 bits per heavy atom. The molecule has 0 amide bonds. The Morgan fingerprint density at radius 2 is 2.13 bits per heavy atom. The van der Waals surface area contributed by atoms with Crippen LogP contribution >= 0.6 is 11.6 Å². The number of nitrogens with one attached hydrogen (secondary N) is 1. The van der Waals surface area contributed by atoms with Crippen molar-refractivity contribution in [3.8, 4) is 0 Å². The van der Waals surface area contributed by atoms with E-state index in [-0.39, 0.29) is 16.9 Å². The van der Waals surface area contributed by atoms with Gasteiger partial charge in [-0.2, -0.15) is 5.10 Å². The fraction of sp³-hybridized carbons (Fsp3) is 0.429. The third-order valence-corrected chi connectivity index (χ3v) is 4.06. The van der Waals surface area contributed by atoms with Crippen LogP contribution in [0.5, 0.6) is 0 Å². The van der Waals surface area contributed by atoms with E-state index in [0.29, 0.717) is 12.2 Å². The van der Waals surface area contributed by atoms with Crippen molar-refractivity contribution in [3.63, 3.8) is 0 Å². The summed E-state index contributed by atoms with van der Waals surface area (Å²) in [6, 6.07) is 1.55. The van der Waals surface area contributed by atoms with Crippen LogP contribution in [0, 0.1) is 0 Å². The largest absolute Gasteiger partial charge is 0.363 e. The van der Waals surface area contributed by atoms with E-state index >= 15 is 0 Å². The second kappa shape index (κ2) is 6.51. The number of nitrogens with zero attached hydrogens (tertiary/aromatic N) is 6. The van der Waals surface area contributed by atoms with Crippen molar-refractivity contribution in [1.29, 1.82) is 0 Å². The normalized spacial score (nSPS) is 18.9. The number of rotatable bonds is 3. The Labute approximate surface area is 138 Å². The van der Waals surface area contributed by atoms with E-state index in [2.05, 4.69) is 30.2 Å². The number of likely N-dealkylation sites (N-methyl/N-ethyl adjacent to an activating group) is 1. The van der Waals surface area contributed by atoms with Gasteiger partial charge in [0.2, 0.25) is 0 Å². The van der Waals surface area contributed by atoms with Crippen molar-refractivity contribution in [3.05, 3.63) is 40.2 Å². The maximum atomic E-state index is 12.2. The number of aryl methyl sites for hydroxylation is 1. The summed E-state index contributed by atoms with van der Waals surface area (Å²) in [4.78, 5) is 24.9. The summed E-state index contributed by atoms with van der Waals surface area (Å²) in [5.41, 5.74) is 0.227. The van der Waals surface area contributed by atoms with Crippen molar-refractivity contribution in [2.45, 2.75) is 6.17 Å². The minimum absolute atomic E-state index is 0.0445. The summed E-state index contributed by atoms with van der Waals surface area (Å²) in [6.45, 7) is 2.37. The first-order valence-electron chi connectivity index (χ1n) is 7.26. The minimum atomic E-state index is -0.209. The van der Waals surface area contributed by atoms with Gasteiger partial charge in [-0.25, -0.2) is 9.67 Å². The number of hydrogen-bond donors (Lipinski definition) is 1. The molecule has 0 spiro atoms. The van der Waals surface area contributed by atoms with Crippen molar-refractivity contribution in [1.82, 2.24) is 24.6 Å². The van der Waals surface area contributed by atoms with Crippen LogP contribution in [0.1, 0.15) is 0 Å². The fourth-order valence-electron chi connectivity index (χ4n) is 2.55. The molecule has 0 saturated carbocycles. The fourth-order valence-corrected chi connectivity index (χ4v) is 2.77. The maximum absolute atomic E-state index is 12.2. The predicted octanol–water partition coefficient (Wildman–Crippen LogP) is 0.414. The van der Waals surface area contributed by atoms with Crippen molar-refractivity contribution in [2.75, 3.05) is 36.9 Å². The zero-order valence-electron chi connectivity index (χ0n) is 13.0. The van der Waals surface area contributed by atoms with Gasteiger partial charge in [0, 0.05) is 38.6 Å². The van der Waals surface area contributed by atoms with Gasteiger partial charge in [-0.3, -0.25) is 14.7 Å². The van der Waals surface area contributed by atoms with Gasteiger partial charge in [-0.15, -0.1) is 0 Å². The van der Waals surface area contributed by atoms with E-state index in [0.717, 1.165) is 18.9 Å². The molecule has 1 aliphatic rings. The summed E-state index contributed by atoms with van der Waals surface area (Å²) in [5, 5.41) is 7.43. The summed E-state index contributed by atoms with van der Waals surface area (Å²) >= 11 is 5.95. The Balaban J connectivity index is 1.80. The first-order chi connectivity index (χ1) is 11.0. The van der Waals surface area contributed by atoms with Gasteiger partial charge in [0.1, 0.15) is 11.5 Å². The second-order valence-electron chi connectivity index (χ2n) is 5.46.